The highest BCUT2D eigenvalue weighted by atomic mass is 16.5. The molecule has 0 aromatic heterocycles. The molecule has 0 amide bonds. The van der Waals surface area contributed by atoms with Crippen molar-refractivity contribution in [3.8, 4) is 0 Å². The fraction of sp³-hybridized carbons (Fsp3) is 0.864. The molecule has 1 aliphatic heterocycles. The molecule has 0 aromatic carbocycles. The van der Waals surface area contributed by atoms with E-state index in [1.54, 1.807) is 0 Å². The Hall–Kier alpha value is -1.11. The van der Waals surface area contributed by atoms with Crippen LogP contribution in [-0.2, 0) is 14.3 Å². The predicted octanol–water partition coefficient (Wildman–Crippen LogP) is 1.91. The van der Waals surface area contributed by atoms with Crippen LogP contribution < -0.4 is 0 Å². The van der Waals surface area contributed by atoms with Gasteiger partial charge in [-0.05, 0) is 50.0 Å². The standard InChI is InChI=1S/C22H32O6/c1-12(23)27-11-21(26)9-17(25)22-8-14(21)6-13(22)7-15-18-19(2,10-28-15)16(24)4-5-20(18,22)3/h13-14,16-17,24-26H,4-11H2,1-3H3. The topological polar surface area (TPSA) is 96.2 Å². The van der Waals surface area contributed by atoms with Gasteiger partial charge < -0.3 is 24.8 Å². The highest BCUT2D eigenvalue weighted by molar-refractivity contribution is 5.66. The van der Waals surface area contributed by atoms with Crippen molar-refractivity contribution in [1.82, 2.24) is 0 Å². The molecule has 0 radical (unpaired) electrons. The third-order valence-corrected chi connectivity index (χ3v) is 9.37. The SMILES string of the molecule is CC(=O)OCC1(O)CC(O)C23CC1CC2CC1=C2C(C)(CO1)C(O)CCC23C. The van der Waals surface area contributed by atoms with Crippen LogP contribution in [0.1, 0.15) is 59.3 Å². The largest absolute Gasteiger partial charge is 0.497 e. The van der Waals surface area contributed by atoms with E-state index in [0.29, 0.717) is 13.0 Å². The highest BCUT2D eigenvalue weighted by Gasteiger charge is 2.74. The number of allylic oxidation sites excluding steroid dienone is 1. The van der Waals surface area contributed by atoms with E-state index >= 15 is 0 Å². The van der Waals surface area contributed by atoms with Gasteiger partial charge >= 0.3 is 5.97 Å². The molecule has 4 aliphatic carbocycles. The second-order valence-electron chi connectivity index (χ2n) is 10.6. The van der Waals surface area contributed by atoms with E-state index in [2.05, 4.69) is 13.8 Å². The van der Waals surface area contributed by atoms with Crippen molar-refractivity contribution in [3.63, 3.8) is 0 Å². The average Bonchev–Trinajstić information content (AvgIpc) is 3.17. The van der Waals surface area contributed by atoms with Crippen LogP contribution in [0, 0.1) is 28.1 Å². The van der Waals surface area contributed by atoms with E-state index in [4.69, 9.17) is 9.47 Å². The maximum Gasteiger partial charge on any atom is 0.302 e. The molecule has 8 unspecified atom stereocenters. The lowest BCUT2D eigenvalue weighted by Crippen LogP contribution is -2.63. The number of fused-ring (bicyclic) bond motifs is 1. The van der Waals surface area contributed by atoms with Gasteiger partial charge in [-0.1, -0.05) is 6.92 Å². The number of aliphatic hydroxyl groups excluding tert-OH is 2. The van der Waals surface area contributed by atoms with Gasteiger partial charge in [0.15, 0.2) is 0 Å². The second-order valence-corrected chi connectivity index (χ2v) is 10.6. The molecule has 6 nitrogen and oxygen atoms in total. The Morgan fingerprint density at radius 1 is 1.21 bits per heavy atom. The Morgan fingerprint density at radius 3 is 2.68 bits per heavy atom. The zero-order valence-corrected chi connectivity index (χ0v) is 17.0. The molecule has 156 valence electrons. The number of carbonyl (C=O) groups excluding carboxylic acids is 1. The number of carbonyl (C=O) groups is 1. The second kappa shape index (κ2) is 5.52. The first kappa shape index (κ1) is 18.9. The summed E-state index contributed by atoms with van der Waals surface area (Å²) in [6.07, 6.45) is 2.99. The molecule has 0 aromatic rings. The van der Waals surface area contributed by atoms with Gasteiger partial charge in [-0.2, -0.15) is 0 Å². The summed E-state index contributed by atoms with van der Waals surface area (Å²) in [5.74, 6) is 0.842. The number of rotatable bonds is 2. The van der Waals surface area contributed by atoms with Crippen LogP contribution in [0.3, 0.4) is 0 Å². The van der Waals surface area contributed by atoms with Crippen molar-refractivity contribution in [3.05, 3.63) is 11.3 Å². The Bertz CT molecular complexity index is 762. The number of esters is 1. The number of ether oxygens (including phenoxy) is 2. The van der Waals surface area contributed by atoms with E-state index < -0.39 is 23.8 Å². The smallest absolute Gasteiger partial charge is 0.302 e. The molecule has 3 fully saturated rings. The number of aliphatic hydroxyl groups is 3. The average molecular weight is 392 g/mol. The van der Waals surface area contributed by atoms with Gasteiger partial charge in [0.2, 0.25) is 0 Å². The van der Waals surface area contributed by atoms with E-state index in [1.165, 1.54) is 12.5 Å². The molecule has 8 atom stereocenters. The molecule has 0 saturated heterocycles. The molecular weight excluding hydrogens is 360 g/mol. The van der Waals surface area contributed by atoms with Crippen LogP contribution in [0.25, 0.3) is 0 Å². The van der Waals surface area contributed by atoms with Crippen LogP contribution >= 0.6 is 0 Å². The Kier molecular flexibility index (Phi) is 3.73. The van der Waals surface area contributed by atoms with Crippen molar-refractivity contribution >= 4 is 5.97 Å². The lowest BCUT2D eigenvalue weighted by molar-refractivity contribution is -0.191. The summed E-state index contributed by atoms with van der Waals surface area (Å²) in [6, 6.07) is 0. The summed E-state index contributed by atoms with van der Waals surface area (Å²) in [5, 5.41) is 33.6. The first-order valence-electron chi connectivity index (χ1n) is 10.7. The lowest BCUT2D eigenvalue weighted by atomic mass is 9.42. The summed E-state index contributed by atoms with van der Waals surface area (Å²) in [4.78, 5) is 11.3. The molecule has 5 rings (SSSR count). The third kappa shape index (κ3) is 2.02. The van der Waals surface area contributed by atoms with Crippen molar-refractivity contribution < 1.29 is 29.6 Å². The lowest BCUT2D eigenvalue weighted by Gasteiger charge is -2.62. The Morgan fingerprint density at radius 2 is 1.96 bits per heavy atom. The van der Waals surface area contributed by atoms with E-state index in [9.17, 15) is 20.1 Å². The molecule has 5 aliphatic rings. The Labute approximate surface area is 165 Å². The monoisotopic (exact) mass is 392 g/mol. The van der Waals surface area contributed by atoms with E-state index in [0.717, 1.165) is 31.4 Å². The fourth-order valence-electron chi connectivity index (χ4n) is 8.04. The number of hydrogen-bond acceptors (Lipinski definition) is 6. The summed E-state index contributed by atoms with van der Waals surface area (Å²) in [7, 11) is 0. The highest BCUT2D eigenvalue weighted by Crippen LogP contribution is 2.76. The molecular formula is C22H32O6. The third-order valence-electron chi connectivity index (χ3n) is 9.37. The quantitative estimate of drug-likeness (QED) is 0.622. The van der Waals surface area contributed by atoms with Crippen molar-refractivity contribution in [2.45, 2.75) is 77.1 Å². The zero-order chi connectivity index (χ0) is 20.1. The first-order chi connectivity index (χ1) is 13.1. The molecule has 3 saturated carbocycles. The van der Waals surface area contributed by atoms with Gasteiger partial charge in [-0.15, -0.1) is 0 Å². The van der Waals surface area contributed by atoms with Gasteiger partial charge in [0.1, 0.15) is 12.2 Å². The van der Waals surface area contributed by atoms with Gasteiger partial charge in [0, 0.05) is 30.6 Å². The summed E-state index contributed by atoms with van der Waals surface area (Å²) < 4.78 is 11.3. The molecule has 1 heterocycles. The summed E-state index contributed by atoms with van der Waals surface area (Å²) >= 11 is 0. The minimum absolute atomic E-state index is 0.00444. The minimum atomic E-state index is -1.17. The first-order valence-corrected chi connectivity index (χ1v) is 10.7. The molecule has 2 bridgehead atoms. The maximum atomic E-state index is 11.5. The van der Waals surface area contributed by atoms with Crippen LogP contribution in [-0.4, -0.2) is 52.3 Å². The van der Waals surface area contributed by atoms with Crippen LogP contribution in [0.2, 0.25) is 0 Å². The molecule has 6 heteroatoms. The van der Waals surface area contributed by atoms with Crippen molar-refractivity contribution in [1.29, 1.82) is 0 Å². The Balaban J connectivity index is 1.57. The summed E-state index contributed by atoms with van der Waals surface area (Å²) in [5.41, 5.74) is -0.890. The maximum absolute atomic E-state index is 11.5. The normalized spacial score (nSPS) is 54.1. The van der Waals surface area contributed by atoms with Crippen molar-refractivity contribution in [2.24, 2.45) is 28.1 Å². The molecule has 28 heavy (non-hydrogen) atoms. The van der Waals surface area contributed by atoms with E-state index in [1.807, 2.05) is 0 Å². The van der Waals surface area contributed by atoms with Gasteiger partial charge in [-0.25, -0.2) is 0 Å². The van der Waals surface area contributed by atoms with E-state index in [-0.39, 0.29) is 41.1 Å². The molecule has 1 spiro atoms. The molecule has 3 N–H and O–H groups in total. The van der Waals surface area contributed by atoms with Gasteiger partial charge in [-0.3, -0.25) is 4.79 Å². The fourth-order valence-corrected chi connectivity index (χ4v) is 8.04. The zero-order valence-electron chi connectivity index (χ0n) is 17.0. The predicted molar refractivity (Wildman–Crippen MR) is 99.9 cm³/mol. The van der Waals surface area contributed by atoms with Crippen LogP contribution in [0.5, 0.6) is 0 Å². The van der Waals surface area contributed by atoms with Crippen LogP contribution in [0.15, 0.2) is 11.3 Å². The minimum Gasteiger partial charge on any atom is -0.497 e. The number of hydrogen-bond donors (Lipinski definition) is 3. The van der Waals surface area contributed by atoms with Crippen LogP contribution in [0.4, 0.5) is 0 Å². The van der Waals surface area contributed by atoms with Crippen molar-refractivity contribution in [2.75, 3.05) is 13.2 Å². The van der Waals surface area contributed by atoms with Gasteiger partial charge in [0.25, 0.3) is 0 Å². The summed E-state index contributed by atoms with van der Waals surface area (Å²) in [6.45, 7) is 6.18. The van der Waals surface area contributed by atoms with Gasteiger partial charge in [0.05, 0.1) is 30.0 Å².